The van der Waals surface area contributed by atoms with E-state index in [1.165, 1.54) is 0 Å². The van der Waals surface area contributed by atoms with Crippen LogP contribution in [0.1, 0.15) is 82.1 Å². The maximum absolute atomic E-state index is 13.0. The summed E-state index contributed by atoms with van der Waals surface area (Å²) in [6.07, 6.45) is 0.883. The largest absolute Gasteiger partial charge is 0.464 e. The molecular weight excluding hydrogens is 316 g/mol. The van der Waals surface area contributed by atoms with Crippen molar-refractivity contribution in [3.63, 3.8) is 0 Å². The number of ether oxygens (including phenoxy) is 2. The summed E-state index contributed by atoms with van der Waals surface area (Å²) in [5.41, 5.74) is -1.52. The predicted molar refractivity (Wildman–Crippen MR) is 102 cm³/mol. The van der Waals surface area contributed by atoms with Crippen molar-refractivity contribution < 1.29 is 19.1 Å². The second-order valence-corrected chi connectivity index (χ2v) is 10.6. The summed E-state index contributed by atoms with van der Waals surface area (Å²) < 4.78 is 11.2. The smallest absolute Gasteiger partial charge is 0.323 e. The molecule has 0 aliphatic heterocycles. The van der Waals surface area contributed by atoms with Crippen molar-refractivity contribution in [3.05, 3.63) is 0 Å². The Kier molecular flexibility index (Phi) is 8.66. The molecule has 0 heterocycles. The van der Waals surface area contributed by atoms with Gasteiger partial charge in [0.05, 0.1) is 13.2 Å². The highest BCUT2D eigenvalue weighted by molar-refractivity contribution is 6.00. The van der Waals surface area contributed by atoms with Gasteiger partial charge >= 0.3 is 11.9 Å². The van der Waals surface area contributed by atoms with Crippen molar-refractivity contribution in [1.82, 2.24) is 0 Å². The van der Waals surface area contributed by atoms with E-state index in [0.717, 1.165) is 0 Å². The zero-order valence-electron chi connectivity index (χ0n) is 18.1. The number of carbonyl (C=O) groups is 2. The summed E-state index contributed by atoms with van der Waals surface area (Å²) in [4.78, 5) is 26.1. The van der Waals surface area contributed by atoms with Gasteiger partial charge in [-0.25, -0.2) is 0 Å². The lowest BCUT2D eigenvalue weighted by molar-refractivity contribution is -0.179. The number of rotatable bonds is 8. The molecule has 0 aromatic heterocycles. The van der Waals surface area contributed by atoms with Crippen LogP contribution in [-0.4, -0.2) is 25.2 Å². The summed E-state index contributed by atoms with van der Waals surface area (Å²) in [7, 11) is 0. The Hall–Kier alpha value is -1.06. The molecule has 0 atom stereocenters. The van der Waals surface area contributed by atoms with Gasteiger partial charge in [0.2, 0.25) is 0 Å². The number of carbonyl (C=O) groups excluding carboxylic acids is 2. The Balaban J connectivity index is 5.62. The van der Waals surface area contributed by atoms with Crippen molar-refractivity contribution in [2.75, 3.05) is 13.2 Å². The molecule has 4 nitrogen and oxygen atoms in total. The fourth-order valence-corrected chi connectivity index (χ4v) is 2.73. The van der Waals surface area contributed by atoms with Crippen molar-refractivity contribution in [2.45, 2.75) is 82.1 Å². The van der Waals surface area contributed by atoms with Crippen LogP contribution >= 0.6 is 0 Å². The molecule has 0 unspecified atom stereocenters. The Labute approximate surface area is 155 Å². The van der Waals surface area contributed by atoms with Crippen LogP contribution in [0, 0.1) is 28.1 Å². The van der Waals surface area contributed by atoms with E-state index in [-0.39, 0.29) is 35.9 Å². The monoisotopic (exact) mass is 356 g/mol. The highest BCUT2D eigenvalue weighted by atomic mass is 16.6. The van der Waals surface area contributed by atoms with E-state index in [1.807, 2.05) is 69.2 Å². The second-order valence-electron chi connectivity index (χ2n) is 10.6. The lowest BCUT2D eigenvalue weighted by atomic mass is 9.74. The summed E-state index contributed by atoms with van der Waals surface area (Å²) in [6, 6.07) is 0. The molecule has 0 saturated carbocycles. The van der Waals surface area contributed by atoms with Crippen molar-refractivity contribution in [1.29, 1.82) is 0 Å². The van der Waals surface area contributed by atoms with Gasteiger partial charge < -0.3 is 9.47 Å². The Bertz CT molecular complexity index is 394. The summed E-state index contributed by atoms with van der Waals surface area (Å²) in [5.74, 6) is -0.515. The van der Waals surface area contributed by atoms with Crippen molar-refractivity contribution in [2.24, 2.45) is 28.1 Å². The minimum absolute atomic E-state index is 0.146. The molecule has 0 aromatic carbocycles. The molecule has 0 amide bonds. The van der Waals surface area contributed by atoms with E-state index in [2.05, 4.69) is 0 Å². The van der Waals surface area contributed by atoms with E-state index < -0.39 is 17.4 Å². The molecule has 0 bridgehead atoms. The highest BCUT2D eigenvalue weighted by Crippen LogP contribution is 2.38. The van der Waals surface area contributed by atoms with Crippen molar-refractivity contribution in [3.8, 4) is 0 Å². The zero-order chi connectivity index (χ0) is 20.1. The molecule has 0 N–H and O–H groups in total. The molecule has 0 fully saturated rings. The Morgan fingerprint density at radius 3 is 1.16 bits per heavy atom. The average Bonchev–Trinajstić information content (AvgIpc) is 2.38. The van der Waals surface area contributed by atoms with E-state index >= 15 is 0 Å². The fourth-order valence-electron chi connectivity index (χ4n) is 2.73. The first-order chi connectivity index (χ1) is 11.1. The second kappa shape index (κ2) is 9.05. The molecule has 0 rings (SSSR count). The molecule has 0 spiro atoms. The molecule has 148 valence electrons. The quantitative estimate of drug-likeness (QED) is 0.440. The molecular formula is C21H40O4. The van der Waals surface area contributed by atoms with Gasteiger partial charge in [-0.1, -0.05) is 69.2 Å². The lowest BCUT2D eigenvalue weighted by Crippen LogP contribution is -2.45. The van der Waals surface area contributed by atoms with Crippen LogP contribution in [0.3, 0.4) is 0 Å². The first-order valence-electron chi connectivity index (χ1n) is 9.43. The SMILES string of the molecule is CC(C)CC(CC(C)C)(C(=O)OCC(C)(C)C)C(=O)OCC(C)(C)C. The third kappa shape index (κ3) is 9.27. The van der Waals surface area contributed by atoms with E-state index in [4.69, 9.17) is 9.47 Å². The van der Waals surface area contributed by atoms with Gasteiger partial charge in [-0.15, -0.1) is 0 Å². The van der Waals surface area contributed by atoms with Crippen LogP contribution in [0.15, 0.2) is 0 Å². The van der Waals surface area contributed by atoms with Gasteiger partial charge in [0.15, 0.2) is 5.41 Å². The fraction of sp³-hybridized carbons (Fsp3) is 0.905. The van der Waals surface area contributed by atoms with E-state index in [0.29, 0.717) is 12.8 Å². The van der Waals surface area contributed by atoms with Crippen LogP contribution in [-0.2, 0) is 19.1 Å². The topological polar surface area (TPSA) is 52.6 Å². The van der Waals surface area contributed by atoms with Crippen LogP contribution < -0.4 is 0 Å². The van der Waals surface area contributed by atoms with Gasteiger partial charge in [0, 0.05) is 0 Å². The average molecular weight is 357 g/mol. The van der Waals surface area contributed by atoms with Gasteiger partial charge in [0.25, 0.3) is 0 Å². The molecule has 25 heavy (non-hydrogen) atoms. The molecule has 4 heteroatoms. The first-order valence-corrected chi connectivity index (χ1v) is 9.43. The Morgan fingerprint density at radius 1 is 0.680 bits per heavy atom. The molecule has 0 aromatic rings. The van der Waals surface area contributed by atoms with Gasteiger partial charge in [0.1, 0.15) is 0 Å². The molecule has 0 radical (unpaired) electrons. The van der Waals surface area contributed by atoms with Crippen LogP contribution in [0.2, 0.25) is 0 Å². The third-order valence-electron chi connectivity index (χ3n) is 3.57. The normalized spacial score (nSPS) is 13.3. The van der Waals surface area contributed by atoms with Gasteiger partial charge in [-0.3, -0.25) is 9.59 Å². The number of esters is 2. The zero-order valence-corrected chi connectivity index (χ0v) is 18.1. The summed E-state index contributed by atoms with van der Waals surface area (Å²) in [5, 5.41) is 0. The molecule has 0 saturated heterocycles. The van der Waals surface area contributed by atoms with Gasteiger partial charge in [-0.2, -0.15) is 0 Å². The number of hydrogen-bond acceptors (Lipinski definition) is 4. The Morgan fingerprint density at radius 2 is 0.960 bits per heavy atom. The third-order valence-corrected chi connectivity index (χ3v) is 3.57. The summed E-state index contributed by atoms with van der Waals surface area (Å²) in [6.45, 7) is 20.7. The summed E-state index contributed by atoms with van der Waals surface area (Å²) >= 11 is 0. The minimum Gasteiger partial charge on any atom is -0.464 e. The maximum Gasteiger partial charge on any atom is 0.323 e. The predicted octanol–water partition coefficient (Wildman–Crippen LogP) is 5.24. The molecule has 0 aliphatic carbocycles. The molecule has 0 aliphatic rings. The van der Waals surface area contributed by atoms with Crippen LogP contribution in [0.4, 0.5) is 0 Å². The lowest BCUT2D eigenvalue weighted by Gasteiger charge is -2.34. The van der Waals surface area contributed by atoms with E-state index in [1.54, 1.807) is 0 Å². The minimum atomic E-state index is -1.22. The maximum atomic E-state index is 13.0. The number of hydrogen-bond donors (Lipinski definition) is 0. The van der Waals surface area contributed by atoms with E-state index in [9.17, 15) is 9.59 Å². The standard InChI is InChI=1S/C21H40O4/c1-15(2)11-21(12-16(3)4,17(22)24-13-19(5,6)7)18(23)25-14-20(8,9)10/h15-16H,11-14H2,1-10H3. The van der Waals surface area contributed by atoms with Crippen molar-refractivity contribution >= 4 is 11.9 Å². The highest BCUT2D eigenvalue weighted by Gasteiger charge is 2.50. The van der Waals surface area contributed by atoms with Gasteiger partial charge in [-0.05, 0) is 35.5 Å². The van der Waals surface area contributed by atoms with Crippen LogP contribution in [0.25, 0.3) is 0 Å². The first kappa shape index (κ1) is 23.9. The van der Waals surface area contributed by atoms with Crippen LogP contribution in [0.5, 0.6) is 0 Å².